The molecule has 3 heteroatoms. The Morgan fingerprint density at radius 1 is 0.373 bits per heavy atom. The van der Waals surface area contributed by atoms with E-state index in [-0.39, 0.29) is 5.41 Å². The van der Waals surface area contributed by atoms with Crippen molar-refractivity contribution in [2.24, 2.45) is 0 Å². The molecule has 2 heterocycles. The summed E-state index contributed by atoms with van der Waals surface area (Å²) in [6, 6.07) is 67.6. The first-order valence-electron chi connectivity index (χ1n) is 20.2. The highest BCUT2D eigenvalue weighted by molar-refractivity contribution is 6.05. The number of aromatic nitrogens is 3. The van der Waals surface area contributed by atoms with Crippen LogP contribution in [0.5, 0.6) is 0 Å². The van der Waals surface area contributed by atoms with E-state index in [9.17, 15) is 0 Å². The summed E-state index contributed by atoms with van der Waals surface area (Å²) in [6.45, 7) is 4.71. The van der Waals surface area contributed by atoms with E-state index in [1.165, 1.54) is 60.7 Å². The Morgan fingerprint density at radius 3 is 1.81 bits per heavy atom. The summed E-state index contributed by atoms with van der Waals surface area (Å²) in [6.07, 6.45) is 3.70. The van der Waals surface area contributed by atoms with Crippen molar-refractivity contribution in [3.8, 4) is 78.4 Å². The molecular formula is C56H39N3. The van der Waals surface area contributed by atoms with Crippen molar-refractivity contribution in [2.45, 2.75) is 19.3 Å². The molecule has 0 amide bonds. The molecular weight excluding hydrogens is 715 g/mol. The Labute approximate surface area is 344 Å². The fourth-order valence-electron chi connectivity index (χ4n) is 9.16. The summed E-state index contributed by atoms with van der Waals surface area (Å²) in [5, 5.41) is 4.94. The van der Waals surface area contributed by atoms with E-state index in [0.717, 1.165) is 44.6 Å². The van der Waals surface area contributed by atoms with Crippen LogP contribution in [0.4, 0.5) is 0 Å². The third-order valence-corrected chi connectivity index (χ3v) is 12.2. The highest BCUT2D eigenvalue weighted by atomic mass is 14.9. The third-order valence-electron chi connectivity index (χ3n) is 12.2. The molecule has 3 nitrogen and oxygen atoms in total. The van der Waals surface area contributed by atoms with Crippen molar-refractivity contribution in [3.05, 3.63) is 212 Å². The fourth-order valence-corrected chi connectivity index (χ4v) is 9.16. The molecule has 0 saturated heterocycles. The maximum Gasteiger partial charge on any atom is 0.160 e. The molecule has 0 fully saturated rings. The molecule has 1 aliphatic rings. The van der Waals surface area contributed by atoms with Gasteiger partial charge in [-0.25, -0.2) is 9.97 Å². The van der Waals surface area contributed by atoms with Crippen LogP contribution >= 0.6 is 0 Å². The lowest BCUT2D eigenvalue weighted by Crippen LogP contribution is -2.14. The molecule has 0 atom stereocenters. The van der Waals surface area contributed by atoms with Crippen molar-refractivity contribution in [3.63, 3.8) is 0 Å². The van der Waals surface area contributed by atoms with Crippen LogP contribution in [-0.2, 0) is 5.41 Å². The van der Waals surface area contributed by atoms with Gasteiger partial charge < -0.3 is 0 Å². The van der Waals surface area contributed by atoms with Gasteiger partial charge in [0.25, 0.3) is 0 Å². The van der Waals surface area contributed by atoms with Crippen LogP contribution in [0.15, 0.2) is 200 Å². The minimum atomic E-state index is -0.0495. The third kappa shape index (κ3) is 5.94. The minimum absolute atomic E-state index is 0.0495. The van der Waals surface area contributed by atoms with Crippen molar-refractivity contribution < 1.29 is 0 Å². The molecule has 10 aromatic rings. The average Bonchev–Trinajstić information content (AvgIpc) is 3.54. The second kappa shape index (κ2) is 13.9. The van der Waals surface area contributed by atoms with Gasteiger partial charge in [0.15, 0.2) is 5.82 Å². The first kappa shape index (κ1) is 34.7. The first-order chi connectivity index (χ1) is 29.0. The topological polar surface area (TPSA) is 38.7 Å². The Kier molecular flexibility index (Phi) is 8.16. The summed E-state index contributed by atoms with van der Waals surface area (Å²) >= 11 is 0. The summed E-state index contributed by atoms with van der Waals surface area (Å²) in [5.74, 6) is 0.695. The lowest BCUT2D eigenvalue weighted by molar-refractivity contribution is 0.661. The van der Waals surface area contributed by atoms with Crippen LogP contribution in [0.3, 0.4) is 0 Å². The molecule has 0 unspecified atom stereocenters. The van der Waals surface area contributed by atoms with E-state index in [4.69, 9.17) is 9.97 Å². The van der Waals surface area contributed by atoms with E-state index >= 15 is 0 Å². The van der Waals surface area contributed by atoms with E-state index in [1.807, 2.05) is 30.5 Å². The number of hydrogen-bond donors (Lipinski definition) is 0. The Hall–Kier alpha value is -7.49. The van der Waals surface area contributed by atoms with Gasteiger partial charge in [-0.05, 0) is 95.9 Å². The summed E-state index contributed by atoms with van der Waals surface area (Å²) < 4.78 is 0. The van der Waals surface area contributed by atoms with Crippen LogP contribution in [0.25, 0.3) is 100.0 Å². The molecule has 0 bridgehead atoms. The summed E-state index contributed by atoms with van der Waals surface area (Å²) in [5.41, 5.74) is 17.2. The maximum atomic E-state index is 5.22. The zero-order valence-corrected chi connectivity index (χ0v) is 32.9. The van der Waals surface area contributed by atoms with E-state index in [1.54, 1.807) is 6.20 Å². The van der Waals surface area contributed by atoms with Crippen molar-refractivity contribution in [1.82, 2.24) is 15.0 Å². The SMILES string of the molecule is CC1(C)c2ccc(-c3ccc(-c4ccc(-c5cc(-c6cccc(-c7cccnc7)c6)nc(-c6ccccc6)n5)c5ccccc45)cc3)cc2-c2c1ccc1ccccc21. The number of fused-ring (bicyclic) bond motifs is 6. The highest BCUT2D eigenvalue weighted by Gasteiger charge is 2.36. The monoisotopic (exact) mass is 753 g/mol. The molecule has 0 radical (unpaired) electrons. The standard InChI is InChI=1S/C56H39N3/c1-56(2)50-29-26-41(33-49(50)54-45-18-7-6-12-37(45)25-30-51(54)56)36-21-23-38(24-22-36)44-27-28-48(47-20-9-8-19-46(44)47)53-34-52(58-55(59-53)39-13-4-3-5-14-39)42-16-10-15-40(32-42)43-17-11-31-57-35-43/h3-35H,1-2H3. The van der Waals surface area contributed by atoms with Crippen LogP contribution in [0.2, 0.25) is 0 Å². The smallest absolute Gasteiger partial charge is 0.160 e. The van der Waals surface area contributed by atoms with Crippen molar-refractivity contribution in [2.75, 3.05) is 0 Å². The number of pyridine rings is 1. The minimum Gasteiger partial charge on any atom is -0.264 e. The maximum absolute atomic E-state index is 5.22. The van der Waals surface area contributed by atoms with Crippen molar-refractivity contribution in [1.29, 1.82) is 0 Å². The molecule has 11 rings (SSSR count). The Bertz CT molecular complexity index is 3220. The zero-order chi connectivity index (χ0) is 39.5. The van der Waals surface area contributed by atoms with Crippen LogP contribution < -0.4 is 0 Å². The van der Waals surface area contributed by atoms with Crippen molar-refractivity contribution >= 4 is 21.5 Å². The molecule has 0 N–H and O–H groups in total. The molecule has 8 aromatic carbocycles. The van der Waals surface area contributed by atoms with Crippen LogP contribution in [0, 0.1) is 0 Å². The lowest BCUT2D eigenvalue weighted by atomic mass is 9.82. The van der Waals surface area contributed by atoms with Gasteiger partial charge in [0.2, 0.25) is 0 Å². The summed E-state index contributed by atoms with van der Waals surface area (Å²) in [4.78, 5) is 14.7. The second-order valence-electron chi connectivity index (χ2n) is 16.0. The summed E-state index contributed by atoms with van der Waals surface area (Å²) in [7, 11) is 0. The van der Waals surface area contributed by atoms with Crippen LogP contribution in [0.1, 0.15) is 25.0 Å². The molecule has 0 spiro atoms. The van der Waals surface area contributed by atoms with Gasteiger partial charge in [-0.3, -0.25) is 4.98 Å². The van der Waals surface area contributed by atoms with Gasteiger partial charge in [0.1, 0.15) is 0 Å². The van der Waals surface area contributed by atoms with E-state index < -0.39 is 0 Å². The van der Waals surface area contributed by atoms with E-state index in [0.29, 0.717) is 5.82 Å². The molecule has 0 aliphatic heterocycles. The largest absolute Gasteiger partial charge is 0.264 e. The normalized spacial score (nSPS) is 12.7. The molecule has 1 aliphatic carbocycles. The van der Waals surface area contributed by atoms with Crippen LogP contribution in [-0.4, -0.2) is 15.0 Å². The lowest BCUT2D eigenvalue weighted by Gasteiger charge is -2.21. The zero-order valence-electron chi connectivity index (χ0n) is 32.9. The van der Waals surface area contributed by atoms with Gasteiger partial charge in [0.05, 0.1) is 11.4 Å². The molecule has 2 aromatic heterocycles. The Morgan fingerprint density at radius 2 is 1.00 bits per heavy atom. The number of hydrogen-bond acceptors (Lipinski definition) is 3. The fraction of sp³-hybridized carbons (Fsp3) is 0.0536. The van der Waals surface area contributed by atoms with Gasteiger partial charge in [-0.2, -0.15) is 0 Å². The number of rotatable bonds is 6. The van der Waals surface area contributed by atoms with E-state index in [2.05, 4.69) is 183 Å². The highest BCUT2D eigenvalue weighted by Crippen LogP contribution is 2.52. The predicted molar refractivity (Wildman–Crippen MR) is 245 cm³/mol. The van der Waals surface area contributed by atoms with Gasteiger partial charge >= 0.3 is 0 Å². The molecule has 0 saturated carbocycles. The molecule has 278 valence electrons. The van der Waals surface area contributed by atoms with Gasteiger partial charge in [-0.15, -0.1) is 0 Å². The second-order valence-corrected chi connectivity index (χ2v) is 16.0. The quantitative estimate of drug-likeness (QED) is 0.170. The first-order valence-corrected chi connectivity index (χ1v) is 20.2. The predicted octanol–water partition coefficient (Wildman–Crippen LogP) is 14.5. The van der Waals surface area contributed by atoms with Gasteiger partial charge in [0, 0.05) is 40.1 Å². The van der Waals surface area contributed by atoms with Gasteiger partial charge in [-0.1, -0.05) is 178 Å². The average molecular weight is 754 g/mol. The number of benzene rings is 8. The Balaban J connectivity index is 0.985. The molecule has 59 heavy (non-hydrogen) atoms. The number of nitrogens with zero attached hydrogens (tertiary/aromatic N) is 3.